The lowest BCUT2D eigenvalue weighted by atomic mass is 9.99. The molecule has 2 N–H and O–H groups in total. The molecule has 1 aliphatic rings. The van der Waals surface area contributed by atoms with Crippen molar-refractivity contribution in [2.24, 2.45) is 5.92 Å². The third-order valence-corrected chi connectivity index (χ3v) is 3.53. The third kappa shape index (κ3) is 4.11. The summed E-state index contributed by atoms with van der Waals surface area (Å²) in [7, 11) is 0. The van der Waals surface area contributed by atoms with E-state index in [9.17, 15) is 4.79 Å². The quantitative estimate of drug-likeness (QED) is 0.892. The van der Waals surface area contributed by atoms with E-state index >= 15 is 0 Å². The number of aromatic nitrogens is 1. The van der Waals surface area contributed by atoms with Crippen LogP contribution in [0.25, 0.3) is 0 Å². The van der Waals surface area contributed by atoms with Gasteiger partial charge < -0.3 is 15.5 Å². The van der Waals surface area contributed by atoms with E-state index < -0.39 is 0 Å². The van der Waals surface area contributed by atoms with Crippen LogP contribution in [0.5, 0.6) is 0 Å². The number of hydrogen-bond donors (Lipinski definition) is 2. The first-order valence-corrected chi connectivity index (χ1v) is 7.33. The van der Waals surface area contributed by atoms with E-state index in [0.717, 1.165) is 30.5 Å². The molecule has 2 amide bonds. The average molecular weight is 276 g/mol. The van der Waals surface area contributed by atoms with Gasteiger partial charge >= 0.3 is 6.03 Å². The standard InChI is InChI=1S/C15H24N4O/c1-11(2)17-15(20)18-13-4-5-14(16-10-13)19-8-6-12(3)7-9-19/h4-5,10-12H,6-9H2,1-3H3,(H2,17,18,20). The molecule has 1 aliphatic heterocycles. The fourth-order valence-electron chi connectivity index (χ4n) is 2.31. The Morgan fingerprint density at radius 2 is 2.05 bits per heavy atom. The Morgan fingerprint density at radius 3 is 2.60 bits per heavy atom. The van der Waals surface area contributed by atoms with Gasteiger partial charge in [0.25, 0.3) is 0 Å². The van der Waals surface area contributed by atoms with Gasteiger partial charge in [0.2, 0.25) is 0 Å². The molecule has 0 atom stereocenters. The first-order valence-electron chi connectivity index (χ1n) is 7.33. The van der Waals surface area contributed by atoms with Gasteiger partial charge in [0.05, 0.1) is 11.9 Å². The van der Waals surface area contributed by atoms with E-state index in [-0.39, 0.29) is 12.1 Å². The fraction of sp³-hybridized carbons (Fsp3) is 0.600. The Labute approximate surface area is 120 Å². The number of nitrogens with zero attached hydrogens (tertiary/aromatic N) is 2. The molecule has 0 spiro atoms. The molecule has 20 heavy (non-hydrogen) atoms. The molecule has 0 radical (unpaired) electrons. The maximum atomic E-state index is 11.6. The summed E-state index contributed by atoms with van der Waals surface area (Å²) < 4.78 is 0. The highest BCUT2D eigenvalue weighted by molar-refractivity contribution is 5.89. The highest BCUT2D eigenvalue weighted by Crippen LogP contribution is 2.21. The van der Waals surface area contributed by atoms with Crippen LogP contribution in [0.2, 0.25) is 0 Å². The van der Waals surface area contributed by atoms with Gasteiger partial charge in [0.1, 0.15) is 5.82 Å². The van der Waals surface area contributed by atoms with Crippen molar-refractivity contribution in [1.29, 1.82) is 0 Å². The molecule has 1 aromatic rings. The lowest BCUT2D eigenvalue weighted by Crippen LogP contribution is -2.34. The monoisotopic (exact) mass is 276 g/mol. The van der Waals surface area contributed by atoms with Gasteiger partial charge in [-0.25, -0.2) is 9.78 Å². The van der Waals surface area contributed by atoms with E-state index in [0.29, 0.717) is 0 Å². The second kappa shape index (κ2) is 6.59. The SMILES string of the molecule is CC1CCN(c2ccc(NC(=O)NC(C)C)cn2)CC1. The van der Waals surface area contributed by atoms with Gasteiger partial charge in [-0.05, 0) is 44.7 Å². The van der Waals surface area contributed by atoms with Crippen LogP contribution in [0.15, 0.2) is 18.3 Å². The van der Waals surface area contributed by atoms with Crippen LogP contribution in [0.3, 0.4) is 0 Å². The first-order chi connectivity index (χ1) is 9.54. The van der Waals surface area contributed by atoms with E-state index in [4.69, 9.17) is 0 Å². The van der Waals surface area contributed by atoms with Gasteiger partial charge in [-0.3, -0.25) is 0 Å². The van der Waals surface area contributed by atoms with E-state index in [1.165, 1.54) is 12.8 Å². The van der Waals surface area contributed by atoms with Crippen molar-refractivity contribution in [1.82, 2.24) is 10.3 Å². The third-order valence-electron chi connectivity index (χ3n) is 3.53. The molecular weight excluding hydrogens is 252 g/mol. The second-order valence-electron chi connectivity index (χ2n) is 5.83. The number of anilines is 2. The zero-order valence-electron chi connectivity index (χ0n) is 12.5. The molecule has 2 rings (SSSR count). The summed E-state index contributed by atoms with van der Waals surface area (Å²) in [5.74, 6) is 1.80. The van der Waals surface area contributed by atoms with Crippen LogP contribution in [0.1, 0.15) is 33.6 Å². The van der Waals surface area contributed by atoms with Crippen LogP contribution in [-0.4, -0.2) is 30.1 Å². The molecular formula is C15H24N4O. The highest BCUT2D eigenvalue weighted by Gasteiger charge is 2.16. The molecule has 0 aromatic carbocycles. The van der Waals surface area contributed by atoms with Crippen LogP contribution in [0.4, 0.5) is 16.3 Å². The first kappa shape index (κ1) is 14.6. The number of hydrogen-bond acceptors (Lipinski definition) is 3. The van der Waals surface area contributed by atoms with Crippen LogP contribution < -0.4 is 15.5 Å². The number of rotatable bonds is 3. The average Bonchev–Trinajstić information content (AvgIpc) is 2.39. The van der Waals surface area contributed by atoms with Crippen molar-refractivity contribution in [3.8, 4) is 0 Å². The van der Waals surface area contributed by atoms with Gasteiger partial charge in [-0.15, -0.1) is 0 Å². The fourth-order valence-corrected chi connectivity index (χ4v) is 2.31. The number of nitrogens with one attached hydrogen (secondary N) is 2. The topological polar surface area (TPSA) is 57.3 Å². The molecule has 1 saturated heterocycles. The van der Waals surface area contributed by atoms with Gasteiger partial charge in [-0.1, -0.05) is 6.92 Å². The van der Waals surface area contributed by atoms with Crippen LogP contribution in [0, 0.1) is 5.92 Å². The summed E-state index contributed by atoms with van der Waals surface area (Å²) in [5, 5.41) is 5.57. The number of urea groups is 1. The van der Waals surface area contributed by atoms with Crippen molar-refractivity contribution >= 4 is 17.5 Å². The zero-order chi connectivity index (χ0) is 14.5. The highest BCUT2D eigenvalue weighted by atomic mass is 16.2. The Bertz CT molecular complexity index is 436. The maximum Gasteiger partial charge on any atom is 0.319 e. The Morgan fingerprint density at radius 1 is 1.35 bits per heavy atom. The normalized spacial score (nSPS) is 16.3. The smallest absolute Gasteiger partial charge is 0.319 e. The Hall–Kier alpha value is -1.78. The summed E-state index contributed by atoms with van der Waals surface area (Å²) in [6.07, 6.45) is 4.16. The number of amides is 2. The minimum Gasteiger partial charge on any atom is -0.357 e. The van der Waals surface area contributed by atoms with Gasteiger partial charge in [-0.2, -0.15) is 0 Å². The molecule has 0 bridgehead atoms. The molecule has 5 nitrogen and oxygen atoms in total. The minimum absolute atomic E-state index is 0.123. The molecule has 0 aliphatic carbocycles. The number of carbonyl (C=O) groups excluding carboxylic acids is 1. The Balaban J connectivity index is 1.91. The van der Waals surface area contributed by atoms with Crippen LogP contribution in [-0.2, 0) is 0 Å². The zero-order valence-corrected chi connectivity index (χ0v) is 12.5. The predicted octanol–water partition coefficient (Wildman–Crippen LogP) is 2.85. The summed E-state index contributed by atoms with van der Waals surface area (Å²) in [5.41, 5.74) is 0.720. The number of pyridine rings is 1. The van der Waals surface area contributed by atoms with Crippen molar-refractivity contribution < 1.29 is 4.79 Å². The minimum atomic E-state index is -0.193. The van der Waals surface area contributed by atoms with E-state index in [2.05, 4.69) is 27.4 Å². The molecule has 0 unspecified atom stereocenters. The van der Waals surface area contributed by atoms with Crippen molar-refractivity contribution in [3.05, 3.63) is 18.3 Å². The van der Waals surface area contributed by atoms with Crippen molar-refractivity contribution in [2.75, 3.05) is 23.3 Å². The van der Waals surface area contributed by atoms with Crippen molar-refractivity contribution in [2.45, 2.75) is 39.7 Å². The van der Waals surface area contributed by atoms with E-state index in [1.807, 2.05) is 26.0 Å². The second-order valence-corrected chi connectivity index (χ2v) is 5.83. The maximum absolute atomic E-state index is 11.6. The lowest BCUT2D eigenvalue weighted by Gasteiger charge is -2.31. The lowest BCUT2D eigenvalue weighted by molar-refractivity contribution is 0.250. The summed E-state index contributed by atoms with van der Waals surface area (Å²) >= 11 is 0. The summed E-state index contributed by atoms with van der Waals surface area (Å²) in [4.78, 5) is 18.3. The molecule has 2 heterocycles. The van der Waals surface area contributed by atoms with Crippen LogP contribution >= 0.6 is 0 Å². The summed E-state index contributed by atoms with van der Waals surface area (Å²) in [6, 6.07) is 3.81. The van der Waals surface area contributed by atoms with Gasteiger partial charge in [0, 0.05) is 19.1 Å². The molecule has 5 heteroatoms. The van der Waals surface area contributed by atoms with E-state index in [1.54, 1.807) is 6.20 Å². The van der Waals surface area contributed by atoms with Crippen molar-refractivity contribution in [3.63, 3.8) is 0 Å². The van der Waals surface area contributed by atoms with Gasteiger partial charge in [0.15, 0.2) is 0 Å². The summed E-state index contributed by atoms with van der Waals surface area (Å²) in [6.45, 7) is 8.28. The number of piperidine rings is 1. The molecule has 110 valence electrons. The molecule has 1 fully saturated rings. The largest absolute Gasteiger partial charge is 0.357 e. The number of carbonyl (C=O) groups is 1. The Kier molecular flexibility index (Phi) is 4.82. The molecule has 1 aromatic heterocycles. The predicted molar refractivity (Wildman–Crippen MR) is 82.1 cm³/mol. The molecule has 0 saturated carbocycles.